The molecule has 0 fully saturated rings. The lowest BCUT2D eigenvalue weighted by molar-refractivity contribution is -0.183. The van der Waals surface area contributed by atoms with Gasteiger partial charge in [-0.05, 0) is 18.1 Å². The zero-order chi connectivity index (χ0) is 16.0. The van der Waals surface area contributed by atoms with Gasteiger partial charge in [0.15, 0.2) is 0 Å². The Morgan fingerprint density at radius 1 is 1.38 bits per heavy atom. The van der Waals surface area contributed by atoms with E-state index >= 15 is 0 Å². The van der Waals surface area contributed by atoms with Crippen molar-refractivity contribution in [3.63, 3.8) is 0 Å². The molecule has 1 aromatic carbocycles. The maximum absolute atomic E-state index is 11.1. The van der Waals surface area contributed by atoms with E-state index in [4.69, 9.17) is 38.4 Å². The minimum absolute atomic E-state index is 0.0221. The molecule has 7 heteroatoms. The van der Waals surface area contributed by atoms with Gasteiger partial charge < -0.3 is 19.9 Å². The molecule has 118 valence electrons. The third-order valence-corrected chi connectivity index (χ3v) is 3.42. The van der Waals surface area contributed by atoms with Crippen molar-refractivity contribution in [2.75, 3.05) is 13.9 Å². The van der Waals surface area contributed by atoms with E-state index in [0.717, 1.165) is 0 Å². The van der Waals surface area contributed by atoms with E-state index in [2.05, 4.69) is 4.74 Å². The highest BCUT2D eigenvalue weighted by Crippen LogP contribution is 2.34. The fourth-order valence-electron chi connectivity index (χ4n) is 1.93. The number of rotatable bonds is 7. The SMILES string of the molecule is C[OH+]CO[C@H](c1ccc(Cl)cc1Cl)[C@H](OC(N)=O)C(C)C. The van der Waals surface area contributed by atoms with Crippen molar-refractivity contribution >= 4 is 29.3 Å². The van der Waals surface area contributed by atoms with Gasteiger partial charge in [0.1, 0.15) is 19.3 Å². The fraction of sp³-hybridized carbons (Fsp3) is 0.500. The molecule has 0 saturated heterocycles. The molecule has 5 nitrogen and oxygen atoms in total. The number of nitrogens with two attached hydrogens (primary N) is 1. The van der Waals surface area contributed by atoms with Crippen LogP contribution in [0.4, 0.5) is 4.79 Å². The maximum Gasteiger partial charge on any atom is 0.404 e. The second kappa shape index (κ2) is 8.44. The van der Waals surface area contributed by atoms with E-state index < -0.39 is 18.3 Å². The number of hydrogen-bond donors (Lipinski definition) is 1. The van der Waals surface area contributed by atoms with Crippen LogP contribution in [0.5, 0.6) is 0 Å². The lowest BCUT2D eigenvalue weighted by atomic mass is 9.95. The molecule has 0 aromatic heterocycles. The summed E-state index contributed by atoms with van der Waals surface area (Å²) in [7, 11) is 1.62. The zero-order valence-corrected chi connectivity index (χ0v) is 13.7. The van der Waals surface area contributed by atoms with Crippen LogP contribution in [0.1, 0.15) is 25.5 Å². The number of hydrogen-bond acceptors (Lipinski definition) is 3. The van der Waals surface area contributed by atoms with Crippen LogP contribution in [0.3, 0.4) is 0 Å². The number of aliphatic hydroxyl groups is 2. The average Bonchev–Trinajstić information content (AvgIpc) is 2.38. The summed E-state index contributed by atoms with van der Waals surface area (Å²) in [5.41, 5.74) is 5.81. The van der Waals surface area contributed by atoms with Crippen molar-refractivity contribution in [3.05, 3.63) is 33.8 Å². The lowest BCUT2D eigenvalue weighted by Gasteiger charge is -2.29. The summed E-state index contributed by atoms with van der Waals surface area (Å²) in [4.78, 5) is 11.1. The average molecular weight is 337 g/mol. The number of carbonyl (C=O) groups excluding carboxylic acids is 1. The van der Waals surface area contributed by atoms with Gasteiger partial charge in [0.05, 0.1) is 0 Å². The minimum atomic E-state index is -0.860. The summed E-state index contributed by atoms with van der Waals surface area (Å²) in [6.07, 6.45) is -2.02. The van der Waals surface area contributed by atoms with Crippen LogP contribution in [0, 0.1) is 5.92 Å². The quantitative estimate of drug-likeness (QED) is 0.613. The molecular formula is C14H20Cl2NO4+. The van der Waals surface area contributed by atoms with Crippen LogP contribution in [-0.4, -0.2) is 30.8 Å². The molecule has 0 radical (unpaired) electrons. The molecule has 0 aliphatic carbocycles. The van der Waals surface area contributed by atoms with Gasteiger partial charge in [-0.1, -0.05) is 43.1 Å². The Kier molecular flexibility index (Phi) is 7.25. The first kappa shape index (κ1) is 18.0. The largest absolute Gasteiger partial charge is 0.443 e. The summed E-state index contributed by atoms with van der Waals surface area (Å²) in [5.74, 6) is -0.0221. The first-order valence-corrected chi connectivity index (χ1v) is 7.20. The Balaban J connectivity index is 3.15. The predicted octanol–water partition coefficient (Wildman–Crippen LogP) is 3.29. The summed E-state index contributed by atoms with van der Waals surface area (Å²) < 4.78 is 14.8. The highest BCUT2D eigenvalue weighted by atomic mass is 35.5. The second-order valence-electron chi connectivity index (χ2n) is 4.84. The monoisotopic (exact) mass is 336 g/mol. The summed E-state index contributed by atoms with van der Waals surface area (Å²) >= 11 is 12.1. The van der Waals surface area contributed by atoms with Crippen LogP contribution in [0.2, 0.25) is 10.0 Å². The molecule has 0 saturated carbocycles. The number of amides is 1. The van der Waals surface area contributed by atoms with Crippen LogP contribution in [-0.2, 0) is 9.47 Å². The first-order valence-electron chi connectivity index (χ1n) is 6.45. The smallest absolute Gasteiger partial charge is 0.404 e. The molecule has 0 aliphatic heterocycles. The van der Waals surface area contributed by atoms with E-state index in [1.54, 1.807) is 25.3 Å². The number of primary amides is 1. The van der Waals surface area contributed by atoms with Gasteiger partial charge in [0.25, 0.3) is 6.79 Å². The Morgan fingerprint density at radius 2 is 2.05 bits per heavy atom. The Labute approximate surface area is 134 Å². The molecule has 2 atom stereocenters. The molecule has 1 amide bonds. The minimum Gasteiger partial charge on any atom is -0.443 e. The van der Waals surface area contributed by atoms with Gasteiger partial charge >= 0.3 is 6.09 Å². The molecule has 1 rings (SSSR count). The predicted molar refractivity (Wildman–Crippen MR) is 82.6 cm³/mol. The van der Waals surface area contributed by atoms with Crippen molar-refractivity contribution in [3.8, 4) is 0 Å². The number of benzene rings is 1. The number of carbonyl (C=O) groups is 1. The lowest BCUT2D eigenvalue weighted by Crippen LogP contribution is -2.34. The van der Waals surface area contributed by atoms with Crippen LogP contribution >= 0.6 is 23.2 Å². The molecule has 3 N–H and O–H groups in total. The molecule has 21 heavy (non-hydrogen) atoms. The maximum atomic E-state index is 11.1. The Morgan fingerprint density at radius 3 is 2.52 bits per heavy atom. The van der Waals surface area contributed by atoms with E-state index in [0.29, 0.717) is 15.6 Å². The van der Waals surface area contributed by atoms with Gasteiger partial charge in [-0.3, -0.25) is 0 Å². The molecular weight excluding hydrogens is 317 g/mol. The van der Waals surface area contributed by atoms with Gasteiger partial charge in [-0.25, -0.2) is 4.79 Å². The highest BCUT2D eigenvalue weighted by Gasteiger charge is 2.32. The third kappa shape index (κ3) is 5.36. The van der Waals surface area contributed by atoms with Gasteiger partial charge in [0.2, 0.25) is 0 Å². The van der Waals surface area contributed by atoms with Crippen molar-refractivity contribution in [1.29, 1.82) is 0 Å². The summed E-state index contributed by atoms with van der Waals surface area (Å²) in [5, 5.41) is 0.946. The van der Waals surface area contributed by atoms with Gasteiger partial charge in [-0.2, -0.15) is 0 Å². The second-order valence-corrected chi connectivity index (χ2v) is 5.69. The van der Waals surface area contributed by atoms with Gasteiger partial charge in [0, 0.05) is 15.6 Å². The van der Waals surface area contributed by atoms with E-state index in [1.165, 1.54) is 0 Å². The molecule has 0 aliphatic rings. The van der Waals surface area contributed by atoms with Crippen LogP contribution in [0.15, 0.2) is 18.2 Å². The number of halogens is 2. The highest BCUT2D eigenvalue weighted by molar-refractivity contribution is 6.35. The third-order valence-electron chi connectivity index (χ3n) is 2.86. The number of ether oxygens (including phenoxy) is 3. The van der Waals surface area contributed by atoms with E-state index in [9.17, 15) is 4.79 Å². The van der Waals surface area contributed by atoms with Crippen molar-refractivity contribution < 1.29 is 19.0 Å². The van der Waals surface area contributed by atoms with Gasteiger partial charge in [-0.15, -0.1) is 0 Å². The molecule has 0 heterocycles. The normalized spacial score (nSPS) is 14.0. The van der Waals surface area contributed by atoms with Crippen molar-refractivity contribution in [1.82, 2.24) is 0 Å². The Bertz CT molecular complexity index is 482. The van der Waals surface area contributed by atoms with Crippen LogP contribution < -0.4 is 5.73 Å². The fourth-order valence-corrected chi connectivity index (χ4v) is 2.45. The van der Waals surface area contributed by atoms with E-state index in [1.807, 2.05) is 13.8 Å². The van der Waals surface area contributed by atoms with Crippen molar-refractivity contribution in [2.24, 2.45) is 11.7 Å². The van der Waals surface area contributed by atoms with Crippen LogP contribution in [0.25, 0.3) is 0 Å². The van der Waals surface area contributed by atoms with E-state index in [-0.39, 0.29) is 12.7 Å². The van der Waals surface area contributed by atoms with Crippen molar-refractivity contribution in [2.45, 2.75) is 26.1 Å². The molecule has 0 unspecified atom stereocenters. The zero-order valence-electron chi connectivity index (χ0n) is 12.2. The first-order chi connectivity index (χ1) is 9.86. The molecule has 0 bridgehead atoms. The molecule has 1 aromatic rings. The standard InChI is InChI=1S/C14H19Cl2NO4/c1-8(2)12(21-14(17)18)13(20-7-19-3)10-5-4-9(15)6-11(10)16/h4-6,8,12-13H,7H2,1-3H3,(H2,17,18)/p+1/t12-,13-/m1/s1. The Hall–Kier alpha value is -1.01. The summed E-state index contributed by atoms with van der Waals surface area (Å²) in [6, 6.07) is 5.05. The topological polar surface area (TPSA) is 74.3 Å². The summed E-state index contributed by atoms with van der Waals surface area (Å²) in [6.45, 7) is 3.95. The molecule has 0 spiro atoms.